The summed E-state index contributed by atoms with van der Waals surface area (Å²) in [5.41, 5.74) is 1.87. The fraction of sp³-hybridized carbons (Fsp3) is 0.400. The van der Waals surface area contributed by atoms with Gasteiger partial charge >= 0.3 is 0 Å². The van der Waals surface area contributed by atoms with Crippen LogP contribution < -0.4 is 0 Å². The van der Waals surface area contributed by atoms with E-state index in [1.165, 1.54) is 11.1 Å². The van der Waals surface area contributed by atoms with Gasteiger partial charge in [-0.05, 0) is 31.4 Å². The Balaban J connectivity index is 2.19. The van der Waals surface area contributed by atoms with E-state index in [-0.39, 0.29) is 5.91 Å². The Labute approximate surface area is 113 Å². The highest BCUT2D eigenvalue weighted by Gasteiger charge is 2.35. The molecule has 1 aliphatic heterocycles. The summed E-state index contributed by atoms with van der Waals surface area (Å²) in [6.07, 6.45) is 0.909. The summed E-state index contributed by atoms with van der Waals surface area (Å²) in [5.74, 6) is 0.0528. The fourth-order valence-corrected chi connectivity index (χ4v) is 2.26. The van der Waals surface area contributed by atoms with Gasteiger partial charge in [0.2, 0.25) is 5.91 Å². The van der Waals surface area contributed by atoms with E-state index in [4.69, 9.17) is 11.6 Å². The third-order valence-corrected chi connectivity index (χ3v) is 4.10. The molecule has 0 atom stereocenters. The Morgan fingerprint density at radius 2 is 1.94 bits per heavy atom. The molecule has 1 aromatic rings. The standard InChI is InChI=1S/C15H18ClNO/c1-11(16)15(2,3)14(18)17-9-8-12-6-4-5-7-13(12)10-17/h4-7H,1,8-10H2,2-3H3. The molecule has 2 nitrogen and oxygen atoms in total. The number of fused-ring (bicyclic) bond motifs is 1. The molecule has 1 heterocycles. The van der Waals surface area contributed by atoms with Gasteiger partial charge in [0.25, 0.3) is 0 Å². The number of carbonyl (C=O) groups excluding carboxylic acids is 1. The average molecular weight is 264 g/mol. The van der Waals surface area contributed by atoms with Crippen LogP contribution >= 0.6 is 11.6 Å². The molecule has 0 aromatic heterocycles. The van der Waals surface area contributed by atoms with Gasteiger partial charge in [0.05, 0.1) is 5.41 Å². The van der Waals surface area contributed by atoms with E-state index in [0.717, 1.165) is 13.0 Å². The highest BCUT2D eigenvalue weighted by molar-refractivity contribution is 6.31. The lowest BCUT2D eigenvalue weighted by Gasteiger charge is -2.34. The molecular weight excluding hydrogens is 246 g/mol. The Hall–Kier alpha value is -1.28. The molecule has 3 heteroatoms. The van der Waals surface area contributed by atoms with Gasteiger partial charge in [0, 0.05) is 18.1 Å². The van der Waals surface area contributed by atoms with Gasteiger partial charge in [-0.1, -0.05) is 42.4 Å². The maximum Gasteiger partial charge on any atom is 0.233 e. The number of amides is 1. The van der Waals surface area contributed by atoms with Crippen LogP contribution in [0.4, 0.5) is 0 Å². The number of rotatable bonds is 2. The van der Waals surface area contributed by atoms with Crippen molar-refractivity contribution in [1.82, 2.24) is 4.90 Å². The SMILES string of the molecule is C=C(Cl)C(C)(C)C(=O)N1CCc2ccccc2C1. The lowest BCUT2D eigenvalue weighted by atomic mass is 9.89. The maximum atomic E-state index is 12.5. The third kappa shape index (κ3) is 2.30. The molecule has 0 fully saturated rings. The second kappa shape index (κ2) is 4.77. The molecule has 2 rings (SSSR count). The highest BCUT2D eigenvalue weighted by atomic mass is 35.5. The van der Waals surface area contributed by atoms with Gasteiger partial charge in [-0.3, -0.25) is 4.79 Å². The van der Waals surface area contributed by atoms with Crippen molar-refractivity contribution < 1.29 is 4.79 Å². The Morgan fingerprint density at radius 1 is 1.33 bits per heavy atom. The average Bonchev–Trinajstić information content (AvgIpc) is 2.37. The summed E-state index contributed by atoms with van der Waals surface area (Å²) < 4.78 is 0. The third-order valence-electron chi connectivity index (χ3n) is 3.63. The van der Waals surface area contributed by atoms with Crippen molar-refractivity contribution in [2.75, 3.05) is 6.54 Å². The van der Waals surface area contributed by atoms with Crippen molar-refractivity contribution in [2.45, 2.75) is 26.8 Å². The zero-order chi connectivity index (χ0) is 13.3. The fourth-order valence-electron chi connectivity index (χ4n) is 2.18. The van der Waals surface area contributed by atoms with E-state index in [0.29, 0.717) is 11.6 Å². The normalized spacial score (nSPS) is 15.2. The van der Waals surface area contributed by atoms with Crippen molar-refractivity contribution in [3.05, 3.63) is 47.0 Å². The summed E-state index contributed by atoms with van der Waals surface area (Å²) in [5, 5.41) is 0.395. The van der Waals surface area contributed by atoms with Crippen molar-refractivity contribution in [2.24, 2.45) is 5.41 Å². The van der Waals surface area contributed by atoms with Gasteiger partial charge in [-0.2, -0.15) is 0 Å². The van der Waals surface area contributed by atoms with Crippen LogP contribution in [-0.2, 0) is 17.8 Å². The minimum atomic E-state index is -0.701. The predicted molar refractivity (Wildman–Crippen MR) is 74.3 cm³/mol. The Bertz CT molecular complexity index is 493. The number of hydrogen-bond acceptors (Lipinski definition) is 1. The molecule has 0 bridgehead atoms. The molecule has 0 aliphatic carbocycles. The predicted octanol–water partition coefficient (Wildman–Crippen LogP) is 3.35. The van der Waals surface area contributed by atoms with Crippen LogP contribution in [0.2, 0.25) is 0 Å². The van der Waals surface area contributed by atoms with E-state index in [1.54, 1.807) is 0 Å². The van der Waals surface area contributed by atoms with Crippen molar-refractivity contribution in [3.63, 3.8) is 0 Å². The van der Waals surface area contributed by atoms with E-state index < -0.39 is 5.41 Å². The molecular formula is C15H18ClNO. The van der Waals surface area contributed by atoms with Gasteiger partial charge < -0.3 is 4.90 Å². The van der Waals surface area contributed by atoms with E-state index in [1.807, 2.05) is 30.9 Å². The first-order valence-corrected chi connectivity index (χ1v) is 6.52. The summed E-state index contributed by atoms with van der Waals surface area (Å²) >= 11 is 5.94. The lowest BCUT2D eigenvalue weighted by molar-refractivity contribution is -0.139. The quantitative estimate of drug-likeness (QED) is 0.801. The summed E-state index contributed by atoms with van der Waals surface area (Å²) in [4.78, 5) is 14.3. The minimum Gasteiger partial charge on any atom is -0.337 e. The first-order chi connectivity index (χ1) is 8.43. The van der Waals surface area contributed by atoms with Crippen LogP contribution in [0.25, 0.3) is 0 Å². The molecule has 0 spiro atoms. The monoisotopic (exact) mass is 263 g/mol. The van der Waals surface area contributed by atoms with Crippen LogP contribution in [0.5, 0.6) is 0 Å². The minimum absolute atomic E-state index is 0.0528. The van der Waals surface area contributed by atoms with Crippen molar-refractivity contribution in [1.29, 1.82) is 0 Å². The first kappa shape index (κ1) is 13.2. The van der Waals surface area contributed by atoms with Gasteiger partial charge in [0.15, 0.2) is 0 Å². The molecule has 0 N–H and O–H groups in total. The van der Waals surface area contributed by atoms with Crippen LogP contribution in [0.15, 0.2) is 35.9 Å². The Kier molecular flexibility index (Phi) is 3.49. The summed E-state index contributed by atoms with van der Waals surface area (Å²) in [6, 6.07) is 8.26. The first-order valence-electron chi connectivity index (χ1n) is 6.14. The zero-order valence-electron chi connectivity index (χ0n) is 10.9. The van der Waals surface area contributed by atoms with Crippen molar-refractivity contribution in [3.8, 4) is 0 Å². The van der Waals surface area contributed by atoms with E-state index in [2.05, 4.69) is 18.7 Å². The zero-order valence-corrected chi connectivity index (χ0v) is 11.6. The van der Waals surface area contributed by atoms with Crippen LogP contribution in [0, 0.1) is 5.41 Å². The molecule has 96 valence electrons. The maximum absolute atomic E-state index is 12.5. The number of benzene rings is 1. The summed E-state index contributed by atoms with van der Waals surface area (Å²) in [6.45, 7) is 8.78. The molecule has 0 radical (unpaired) electrons. The van der Waals surface area contributed by atoms with Gasteiger partial charge in [0.1, 0.15) is 0 Å². The smallest absolute Gasteiger partial charge is 0.233 e. The van der Waals surface area contributed by atoms with Gasteiger partial charge in [-0.25, -0.2) is 0 Å². The van der Waals surface area contributed by atoms with E-state index in [9.17, 15) is 4.79 Å². The number of nitrogens with zero attached hydrogens (tertiary/aromatic N) is 1. The topological polar surface area (TPSA) is 20.3 Å². The lowest BCUT2D eigenvalue weighted by Crippen LogP contribution is -2.43. The molecule has 1 aliphatic rings. The van der Waals surface area contributed by atoms with Crippen LogP contribution in [0.3, 0.4) is 0 Å². The largest absolute Gasteiger partial charge is 0.337 e. The number of hydrogen-bond donors (Lipinski definition) is 0. The second-order valence-corrected chi connectivity index (χ2v) is 5.73. The molecule has 1 amide bonds. The van der Waals surface area contributed by atoms with Crippen molar-refractivity contribution >= 4 is 17.5 Å². The van der Waals surface area contributed by atoms with Crippen LogP contribution in [-0.4, -0.2) is 17.4 Å². The molecule has 18 heavy (non-hydrogen) atoms. The molecule has 1 aromatic carbocycles. The summed E-state index contributed by atoms with van der Waals surface area (Å²) in [7, 11) is 0. The number of carbonyl (C=O) groups is 1. The molecule has 0 unspecified atom stereocenters. The van der Waals surface area contributed by atoms with Crippen LogP contribution in [0.1, 0.15) is 25.0 Å². The highest BCUT2D eigenvalue weighted by Crippen LogP contribution is 2.32. The second-order valence-electron chi connectivity index (χ2n) is 5.28. The van der Waals surface area contributed by atoms with Gasteiger partial charge in [-0.15, -0.1) is 0 Å². The number of halogens is 1. The molecule has 0 saturated heterocycles. The Morgan fingerprint density at radius 3 is 2.56 bits per heavy atom. The molecule has 0 saturated carbocycles. The van der Waals surface area contributed by atoms with E-state index >= 15 is 0 Å².